The van der Waals surface area contributed by atoms with Gasteiger partial charge in [-0.05, 0) is 84.9 Å². The van der Waals surface area contributed by atoms with Gasteiger partial charge in [-0.3, -0.25) is 24.2 Å². The normalized spacial score (nSPS) is 20.8. The van der Waals surface area contributed by atoms with Gasteiger partial charge in [0.25, 0.3) is 11.8 Å². The Labute approximate surface area is 257 Å². The number of hydrogen-bond acceptors (Lipinski definition) is 5. The maximum absolute atomic E-state index is 14.3. The van der Waals surface area contributed by atoms with Crippen molar-refractivity contribution in [1.29, 1.82) is 0 Å². The average Bonchev–Trinajstić information content (AvgIpc) is 3.27. The Morgan fingerprint density at radius 1 is 1.02 bits per heavy atom. The summed E-state index contributed by atoms with van der Waals surface area (Å²) in [7, 11) is 0. The van der Waals surface area contributed by atoms with Crippen LogP contribution in [0.2, 0.25) is 0 Å². The number of aliphatic imine (C=N–C) groups is 1. The van der Waals surface area contributed by atoms with Gasteiger partial charge in [0.2, 0.25) is 5.56 Å². The highest BCUT2D eigenvalue weighted by Gasteiger charge is 2.52. The van der Waals surface area contributed by atoms with Gasteiger partial charge >= 0.3 is 5.97 Å². The molecule has 2 heterocycles. The second-order valence-electron chi connectivity index (χ2n) is 13.0. The fourth-order valence-electron chi connectivity index (χ4n) is 6.52. The third-order valence-corrected chi connectivity index (χ3v) is 9.12. The highest BCUT2D eigenvalue weighted by atomic mass is 16.4. The molecule has 0 bridgehead atoms. The first-order valence-electron chi connectivity index (χ1n) is 15.2. The molecule has 1 unspecified atom stereocenters. The van der Waals surface area contributed by atoms with E-state index in [1.165, 1.54) is 6.07 Å². The number of nitrogens with one attached hydrogen (secondary N) is 2. The first-order chi connectivity index (χ1) is 20.9. The lowest BCUT2D eigenvalue weighted by Crippen LogP contribution is -2.50. The first kappa shape index (κ1) is 30.9. The second-order valence-corrected chi connectivity index (χ2v) is 13.0. The topological polar surface area (TPSA) is 132 Å². The van der Waals surface area contributed by atoms with Crippen molar-refractivity contribution in [1.82, 2.24) is 15.2 Å². The molecule has 9 heteroatoms. The van der Waals surface area contributed by atoms with Crippen molar-refractivity contribution >= 4 is 23.5 Å². The van der Waals surface area contributed by atoms with Gasteiger partial charge in [-0.15, -0.1) is 0 Å². The molecule has 1 saturated carbocycles. The molecule has 2 aromatic carbocycles. The molecule has 0 saturated heterocycles. The maximum Gasteiger partial charge on any atom is 0.305 e. The molecular formula is C35H40N4O5. The Bertz CT molecular complexity index is 1620. The first-order valence-corrected chi connectivity index (χ1v) is 15.2. The van der Waals surface area contributed by atoms with Gasteiger partial charge in [-0.2, -0.15) is 0 Å². The second kappa shape index (κ2) is 12.2. The number of nitrogens with zero attached hydrogens (tertiary/aromatic N) is 2. The molecule has 44 heavy (non-hydrogen) atoms. The molecule has 1 fully saturated rings. The number of carboxylic acids is 1. The van der Waals surface area contributed by atoms with E-state index in [4.69, 9.17) is 10.1 Å². The number of hydrogen-bond donors (Lipinski definition) is 3. The van der Waals surface area contributed by atoms with Gasteiger partial charge in [0, 0.05) is 29.9 Å². The average molecular weight is 597 g/mol. The molecule has 9 nitrogen and oxygen atoms in total. The third kappa shape index (κ3) is 6.37. The van der Waals surface area contributed by atoms with Crippen LogP contribution in [0, 0.1) is 11.3 Å². The van der Waals surface area contributed by atoms with Crippen molar-refractivity contribution in [2.45, 2.75) is 71.5 Å². The molecule has 2 aliphatic rings. The molecule has 5 rings (SSSR count). The van der Waals surface area contributed by atoms with Gasteiger partial charge in [0.15, 0.2) is 0 Å². The van der Waals surface area contributed by atoms with Gasteiger partial charge in [0.1, 0.15) is 11.4 Å². The predicted octanol–water partition coefficient (Wildman–Crippen LogP) is 5.57. The zero-order valence-corrected chi connectivity index (χ0v) is 25.7. The predicted molar refractivity (Wildman–Crippen MR) is 169 cm³/mol. The van der Waals surface area contributed by atoms with Crippen LogP contribution in [0.3, 0.4) is 0 Å². The number of rotatable bonds is 8. The Balaban J connectivity index is 1.45. The Morgan fingerprint density at radius 3 is 2.32 bits per heavy atom. The number of carbonyl (C=O) groups is 3. The van der Waals surface area contributed by atoms with Gasteiger partial charge in [-0.1, -0.05) is 51.1 Å². The minimum atomic E-state index is -0.972. The number of aliphatic carboxylic acids is 1. The number of carbonyl (C=O) groups excluding carboxylic acids is 2. The molecule has 1 aliphatic carbocycles. The van der Waals surface area contributed by atoms with Crippen molar-refractivity contribution in [3.05, 3.63) is 93.9 Å². The summed E-state index contributed by atoms with van der Waals surface area (Å²) in [6, 6.07) is 17.8. The summed E-state index contributed by atoms with van der Waals surface area (Å²) >= 11 is 0. The van der Waals surface area contributed by atoms with E-state index in [2.05, 4.69) is 31.1 Å². The summed E-state index contributed by atoms with van der Waals surface area (Å²) in [6.45, 7) is 8.87. The van der Waals surface area contributed by atoms with Gasteiger partial charge in [-0.25, -0.2) is 0 Å². The molecule has 2 amide bonds. The number of pyridine rings is 1. The van der Waals surface area contributed by atoms with Crippen LogP contribution in [0.5, 0.6) is 0 Å². The van der Waals surface area contributed by atoms with Crippen LogP contribution < -0.4 is 10.9 Å². The van der Waals surface area contributed by atoms with Crippen molar-refractivity contribution in [2.75, 3.05) is 6.54 Å². The van der Waals surface area contributed by atoms with E-state index in [-0.39, 0.29) is 41.8 Å². The quantitative estimate of drug-likeness (QED) is 0.313. The van der Waals surface area contributed by atoms with E-state index in [0.29, 0.717) is 17.2 Å². The molecule has 3 aromatic rings. The summed E-state index contributed by atoms with van der Waals surface area (Å²) in [5.41, 5.74) is 3.52. The fourth-order valence-corrected chi connectivity index (χ4v) is 6.52. The standard InChI is InChI=1S/C35H40N4O5/c1-22(23-8-10-24(11-9-23)32(43)36-19-16-30(41)42)39-33(44)31(38-35(39)17-14-28(15-18-35)34(2,3)4)26-7-5-6-25(20-26)27-12-13-29(40)37-21-27/h5-13,20-22,28H,14-19H2,1-4H3,(H,36,43)(H,37,40)(H,41,42). The van der Waals surface area contributed by atoms with Gasteiger partial charge in [0.05, 0.1) is 12.5 Å². The van der Waals surface area contributed by atoms with Crippen molar-refractivity contribution < 1.29 is 19.5 Å². The monoisotopic (exact) mass is 596 g/mol. The highest BCUT2D eigenvalue weighted by molar-refractivity contribution is 6.47. The van der Waals surface area contributed by atoms with E-state index in [1.54, 1.807) is 24.4 Å². The Hall–Kier alpha value is -4.53. The van der Waals surface area contributed by atoms with Crippen LogP contribution in [0.4, 0.5) is 0 Å². The van der Waals surface area contributed by atoms with E-state index in [1.807, 2.05) is 48.2 Å². The molecule has 1 aliphatic heterocycles. The molecule has 230 valence electrons. The molecular weight excluding hydrogens is 556 g/mol. The Morgan fingerprint density at radius 2 is 1.70 bits per heavy atom. The van der Waals surface area contributed by atoms with Crippen molar-refractivity contribution in [2.24, 2.45) is 16.3 Å². The fraction of sp³-hybridized carbons (Fsp3) is 0.400. The van der Waals surface area contributed by atoms with E-state index < -0.39 is 11.6 Å². The van der Waals surface area contributed by atoms with Crippen LogP contribution in [0.25, 0.3) is 11.1 Å². The number of aromatic amines is 1. The smallest absolute Gasteiger partial charge is 0.305 e. The molecule has 1 atom stereocenters. The lowest BCUT2D eigenvalue weighted by molar-refractivity contribution is -0.137. The number of H-pyrrole nitrogens is 1. The van der Waals surface area contributed by atoms with E-state index in [0.717, 1.165) is 47.9 Å². The summed E-state index contributed by atoms with van der Waals surface area (Å²) in [5, 5.41) is 11.5. The third-order valence-electron chi connectivity index (χ3n) is 9.12. The maximum atomic E-state index is 14.3. The largest absolute Gasteiger partial charge is 0.481 e. The number of aromatic nitrogens is 1. The van der Waals surface area contributed by atoms with Crippen LogP contribution >= 0.6 is 0 Å². The highest BCUT2D eigenvalue weighted by Crippen LogP contribution is 2.49. The Kier molecular flexibility index (Phi) is 8.59. The van der Waals surface area contributed by atoms with Crippen LogP contribution in [0.1, 0.15) is 87.3 Å². The van der Waals surface area contributed by atoms with Crippen molar-refractivity contribution in [3.63, 3.8) is 0 Å². The minimum absolute atomic E-state index is 0.0518. The van der Waals surface area contributed by atoms with Crippen molar-refractivity contribution in [3.8, 4) is 11.1 Å². The lowest BCUT2D eigenvalue weighted by Gasteiger charge is -2.46. The van der Waals surface area contributed by atoms with Crippen LogP contribution in [-0.4, -0.2) is 50.7 Å². The molecule has 3 N–H and O–H groups in total. The molecule has 1 spiro atoms. The van der Waals surface area contributed by atoms with Gasteiger partial charge < -0.3 is 20.3 Å². The van der Waals surface area contributed by atoms with Crippen LogP contribution in [0.15, 0.2) is 76.6 Å². The summed E-state index contributed by atoms with van der Waals surface area (Å²) in [5.74, 6) is -0.907. The summed E-state index contributed by atoms with van der Waals surface area (Å²) < 4.78 is 0. The molecule has 0 radical (unpaired) electrons. The number of carboxylic acid groups (broad SMARTS) is 1. The zero-order chi connectivity index (χ0) is 31.6. The van der Waals surface area contributed by atoms with E-state index >= 15 is 0 Å². The number of amides is 2. The van der Waals surface area contributed by atoms with E-state index in [9.17, 15) is 19.2 Å². The number of benzene rings is 2. The molecule has 1 aromatic heterocycles. The summed E-state index contributed by atoms with van der Waals surface area (Å²) in [6.07, 6.45) is 4.97. The minimum Gasteiger partial charge on any atom is -0.481 e. The SMILES string of the molecule is CC(c1ccc(C(=O)NCCC(=O)O)cc1)N1C(=O)C(c2cccc(-c3ccc(=O)[nH]c3)c2)=NC12CCC(C(C)(C)C)CC2. The van der Waals surface area contributed by atoms with Crippen LogP contribution in [-0.2, 0) is 9.59 Å². The zero-order valence-electron chi connectivity index (χ0n) is 25.7. The summed E-state index contributed by atoms with van der Waals surface area (Å²) in [4.78, 5) is 59.1. The lowest BCUT2D eigenvalue weighted by atomic mass is 9.69.